The molecule has 1 saturated heterocycles. The van der Waals surface area contributed by atoms with Crippen molar-refractivity contribution in [3.05, 3.63) is 70.8 Å². The van der Waals surface area contributed by atoms with Crippen LogP contribution in [0.5, 0.6) is 0 Å². The van der Waals surface area contributed by atoms with Crippen LogP contribution in [0.2, 0.25) is 0 Å². The Morgan fingerprint density at radius 3 is 2.77 bits per heavy atom. The highest BCUT2D eigenvalue weighted by Crippen LogP contribution is 2.39. The predicted molar refractivity (Wildman–Crippen MR) is 84.4 cm³/mol. The number of amides is 1. The molecule has 2 aliphatic heterocycles. The minimum absolute atomic E-state index is 0.00878. The maximum absolute atomic E-state index is 12.9. The third-order valence-corrected chi connectivity index (χ3v) is 4.79. The first-order valence-electron chi connectivity index (χ1n) is 7.77. The highest BCUT2D eigenvalue weighted by molar-refractivity contribution is 5.87. The van der Waals surface area contributed by atoms with Gasteiger partial charge in [-0.1, -0.05) is 48.5 Å². The van der Waals surface area contributed by atoms with Crippen LogP contribution in [0.15, 0.2) is 48.5 Å². The SMILES string of the molecule is Cc1cccc2c1COC1CN(Cc3ccccc3)C(=O)C21. The number of ether oxygens (including phenoxy) is 1. The maximum atomic E-state index is 12.9. The third kappa shape index (κ3) is 2.13. The van der Waals surface area contributed by atoms with Crippen molar-refractivity contribution >= 4 is 5.91 Å². The fourth-order valence-corrected chi connectivity index (χ4v) is 3.60. The summed E-state index contributed by atoms with van der Waals surface area (Å²) in [5, 5.41) is 0. The Morgan fingerprint density at radius 2 is 1.95 bits per heavy atom. The Morgan fingerprint density at radius 1 is 1.14 bits per heavy atom. The Kier molecular flexibility index (Phi) is 3.23. The van der Waals surface area contributed by atoms with Gasteiger partial charge in [-0.3, -0.25) is 4.79 Å². The van der Waals surface area contributed by atoms with Crippen molar-refractivity contribution in [1.82, 2.24) is 4.90 Å². The summed E-state index contributed by atoms with van der Waals surface area (Å²) in [6.07, 6.45) is -0.00878. The van der Waals surface area contributed by atoms with Gasteiger partial charge in [0.1, 0.15) is 0 Å². The summed E-state index contributed by atoms with van der Waals surface area (Å²) in [6.45, 7) is 4.06. The molecule has 4 rings (SSSR count). The van der Waals surface area contributed by atoms with E-state index in [1.165, 1.54) is 16.7 Å². The molecule has 1 amide bonds. The topological polar surface area (TPSA) is 29.5 Å². The second-order valence-corrected chi connectivity index (χ2v) is 6.17. The van der Waals surface area contributed by atoms with E-state index >= 15 is 0 Å². The van der Waals surface area contributed by atoms with Gasteiger partial charge in [0.15, 0.2) is 0 Å². The molecule has 2 aromatic carbocycles. The van der Waals surface area contributed by atoms with Gasteiger partial charge in [0, 0.05) is 13.1 Å². The maximum Gasteiger partial charge on any atom is 0.233 e. The largest absolute Gasteiger partial charge is 0.370 e. The number of benzene rings is 2. The molecule has 22 heavy (non-hydrogen) atoms. The van der Waals surface area contributed by atoms with E-state index in [1.54, 1.807) is 0 Å². The first-order chi connectivity index (χ1) is 10.7. The molecule has 2 unspecified atom stereocenters. The quantitative estimate of drug-likeness (QED) is 0.852. The Bertz CT molecular complexity index is 711. The monoisotopic (exact) mass is 293 g/mol. The zero-order valence-electron chi connectivity index (χ0n) is 12.7. The highest BCUT2D eigenvalue weighted by Gasteiger charge is 2.45. The van der Waals surface area contributed by atoms with Crippen molar-refractivity contribution in [2.45, 2.75) is 32.1 Å². The molecule has 0 N–H and O–H groups in total. The molecular weight excluding hydrogens is 274 g/mol. The lowest BCUT2D eigenvalue weighted by molar-refractivity contribution is -0.130. The number of hydrogen-bond donors (Lipinski definition) is 0. The molecule has 2 heterocycles. The molecule has 0 saturated carbocycles. The van der Waals surface area contributed by atoms with Gasteiger partial charge in [-0.25, -0.2) is 0 Å². The average molecular weight is 293 g/mol. The van der Waals surface area contributed by atoms with Gasteiger partial charge >= 0.3 is 0 Å². The summed E-state index contributed by atoms with van der Waals surface area (Å²) in [4.78, 5) is 14.8. The molecule has 0 spiro atoms. The molecule has 0 bridgehead atoms. The van der Waals surface area contributed by atoms with Gasteiger partial charge in [0.2, 0.25) is 5.91 Å². The van der Waals surface area contributed by atoms with Crippen molar-refractivity contribution in [2.75, 3.05) is 6.54 Å². The number of likely N-dealkylation sites (tertiary alicyclic amines) is 1. The van der Waals surface area contributed by atoms with E-state index in [-0.39, 0.29) is 17.9 Å². The zero-order chi connectivity index (χ0) is 15.1. The summed E-state index contributed by atoms with van der Waals surface area (Å²) in [5.41, 5.74) is 4.74. The number of carbonyl (C=O) groups excluding carboxylic acids is 1. The lowest BCUT2D eigenvalue weighted by Gasteiger charge is -2.27. The minimum Gasteiger partial charge on any atom is -0.370 e. The average Bonchev–Trinajstić information content (AvgIpc) is 2.85. The number of fused-ring (bicyclic) bond motifs is 3. The lowest BCUT2D eigenvalue weighted by Crippen LogP contribution is -2.28. The van der Waals surface area contributed by atoms with E-state index in [0.717, 1.165) is 5.56 Å². The zero-order valence-corrected chi connectivity index (χ0v) is 12.7. The molecular formula is C19H19NO2. The van der Waals surface area contributed by atoms with Crippen LogP contribution >= 0.6 is 0 Å². The van der Waals surface area contributed by atoms with Crippen LogP contribution in [0.3, 0.4) is 0 Å². The van der Waals surface area contributed by atoms with Crippen LogP contribution in [0.25, 0.3) is 0 Å². The van der Waals surface area contributed by atoms with Crippen molar-refractivity contribution in [3.8, 4) is 0 Å². The summed E-state index contributed by atoms with van der Waals surface area (Å²) >= 11 is 0. The normalized spacial score (nSPS) is 23.3. The van der Waals surface area contributed by atoms with Gasteiger partial charge in [-0.15, -0.1) is 0 Å². The number of carbonyl (C=O) groups is 1. The fourth-order valence-electron chi connectivity index (χ4n) is 3.60. The van der Waals surface area contributed by atoms with E-state index in [0.29, 0.717) is 19.7 Å². The fraction of sp³-hybridized carbons (Fsp3) is 0.316. The summed E-state index contributed by atoms with van der Waals surface area (Å²) in [7, 11) is 0. The first kappa shape index (κ1) is 13.5. The van der Waals surface area contributed by atoms with Gasteiger partial charge in [0.05, 0.1) is 18.6 Å². The van der Waals surface area contributed by atoms with Gasteiger partial charge in [-0.2, -0.15) is 0 Å². The molecule has 1 fully saturated rings. The summed E-state index contributed by atoms with van der Waals surface area (Å²) < 4.78 is 5.99. The smallest absolute Gasteiger partial charge is 0.233 e. The number of hydrogen-bond acceptors (Lipinski definition) is 2. The van der Waals surface area contributed by atoms with Gasteiger partial charge in [0.25, 0.3) is 0 Å². The number of nitrogens with zero attached hydrogens (tertiary/aromatic N) is 1. The van der Waals surface area contributed by atoms with E-state index < -0.39 is 0 Å². The summed E-state index contributed by atoms with van der Waals surface area (Å²) in [5.74, 6) is 0.0627. The Labute approximate surface area is 130 Å². The first-order valence-corrected chi connectivity index (χ1v) is 7.77. The predicted octanol–water partition coefficient (Wildman–Crippen LogP) is 3.02. The Hall–Kier alpha value is -2.13. The van der Waals surface area contributed by atoms with Crippen LogP contribution in [0.4, 0.5) is 0 Å². The second kappa shape index (κ2) is 5.25. The van der Waals surface area contributed by atoms with Crippen LogP contribution < -0.4 is 0 Å². The van der Waals surface area contributed by atoms with Crippen LogP contribution in [0, 0.1) is 6.92 Å². The molecule has 2 aliphatic rings. The van der Waals surface area contributed by atoms with E-state index in [9.17, 15) is 4.79 Å². The van der Waals surface area contributed by atoms with Crippen molar-refractivity contribution in [2.24, 2.45) is 0 Å². The lowest BCUT2D eigenvalue weighted by atomic mass is 9.87. The van der Waals surface area contributed by atoms with Crippen molar-refractivity contribution in [3.63, 3.8) is 0 Å². The van der Waals surface area contributed by atoms with E-state index in [2.05, 4.69) is 31.2 Å². The van der Waals surface area contributed by atoms with Crippen molar-refractivity contribution in [1.29, 1.82) is 0 Å². The molecule has 112 valence electrons. The molecule has 3 heteroatoms. The van der Waals surface area contributed by atoms with Gasteiger partial charge in [-0.05, 0) is 29.2 Å². The molecule has 0 aliphatic carbocycles. The number of aryl methyl sites for hydroxylation is 1. The molecule has 0 aromatic heterocycles. The molecule has 3 nitrogen and oxygen atoms in total. The minimum atomic E-state index is -0.132. The standard InChI is InChI=1S/C19H19NO2/c1-13-6-5-9-15-16(13)12-22-17-11-20(19(21)18(15)17)10-14-7-3-2-4-8-14/h2-9,17-18H,10-12H2,1H3. The molecule has 0 radical (unpaired) electrons. The van der Waals surface area contributed by atoms with Gasteiger partial charge < -0.3 is 9.64 Å². The van der Waals surface area contributed by atoms with Crippen LogP contribution in [-0.4, -0.2) is 23.5 Å². The van der Waals surface area contributed by atoms with Crippen LogP contribution in [-0.2, 0) is 22.7 Å². The molecule has 2 atom stereocenters. The summed E-state index contributed by atoms with van der Waals surface area (Å²) in [6, 6.07) is 16.4. The van der Waals surface area contributed by atoms with E-state index in [4.69, 9.17) is 4.74 Å². The van der Waals surface area contributed by atoms with Crippen molar-refractivity contribution < 1.29 is 9.53 Å². The number of rotatable bonds is 2. The van der Waals surface area contributed by atoms with E-state index in [1.807, 2.05) is 29.2 Å². The van der Waals surface area contributed by atoms with Crippen LogP contribution in [0.1, 0.15) is 28.2 Å². The molecule has 2 aromatic rings. The third-order valence-electron chi connectivity index (χ3n) is 4.79. The second-order valence-electron chi connectivity index (χ2n) is 6.17. The highest BCUT2D eigenvalue weighted by atomic mass is 16.5. The Balaban J connectivity index is 1.63.